The van der Waals surface area contributed by atoms with E-state index in [1.165, 1.54) is 6.92 Å². The fourth-order valence-corrected chi connectivity index (χ4v) is 1.78. The first-order chi connectivity index (χ1) is 11.6. The van der Waals surface area contributed by atoms with Gasteiger partial charge in [0.25, 0.3) is 0 Å². The van der Waals surface area contributed by atoms with Crippen molar-refractivity contribution in [3.05, 3.63) is 0 Å². The van der Waals surface area contributed by atoms with E-state index in [1.54, 1.807) is 0 Å². The molecule has 0 heterocycles. The number of nitrogens with one attached hydrogen (secondary N) is 3. The van der Waals surface area contributed by atoms with Crippen molar-refractivity contribution >= 4 is 42.3 Å². The van der Waals surface area contributed by atoms with Gasteiger partial charge in [-0.3, -0.25) is 24.0 Å². The van der Waals surface area contributed by atoms with Crippen LogP contribution in [-0.2, 0) is 24.0 Å². The van der Waals surface area contributed by atoms with Gasteiger partial charge in [-0.25, -0.2) is 0 Å². The molecule has 0 saturated heterocycles. The maximum atomic E-state index is 11.9. The molecule has 3 amide bonds. The number of carboxylic acid groups (broad SMARTS) is 2. The topological polar surface area (TPSA) is 188 Å². The molecule has 0 aliphatic rings. The molecule has 0 aliphatic heterocycles. The van der Waals surface area contributed by atoms with Crippen LogP contribution in [0.4, 0.5) is 0 Å². The molecule has 25 heavy (non-hydrogen) atoms. The number of hydrogen-bond donors (Lipinski definition) is 7. The summed E-state index contributed by atoms with van der Waals surface area (Å²) in [5.74, 6) is -4.57. The summed E-state index contributed by atoms with van der Waals surface area (Å²) in [6, 6.07) is -3.31. The molecule has 0 fully saturated rings. The van der Waals surface area contributed by atoms with Gasteiger partial charge in [0.2, 0.25) is 17.7 Å². The molecule has 7 N–H and O–H groups in total. The van der Waals surface area contributed by atoms with Crippen LogP contribution in [0, 0.1) is 0 Å². The molecule has 0 spiro atoms. The van der Waals surface area contributed by atoms with Crippen LogP contribution in [0.5, 0.6) is 0 Å². The minimum Gasteiger partial charge on any atom is -0.481 e. The fraction of sp³-hybridized carbons (Fsp3) is 0.615. The second kappa shape index (κ2) is 11.3. The Bertz CT molecular complexity index is 529. The summed E-state index contributed by atoms with van der Waals surface area (Å²) in [5, 5.41) is 23.9. The quantitative estimate of drug-likeness (QED) is 0.189. The molecular formula is C13H22N4O7S. The third-order valence-electron chi connectivity index (χ3n) is 2.99. The van der Waals surface area contributed by atoms with Crippen molar-refractivity contribution in [2.75, 3.05) is 12.3 Å². The van der Waals surface area contributed by atoms with Crippen molar-refractivity contribution in [3.8, 4) is 0 Å². The number of amides is 3. The second-order valence-corrected chi connectivity index (χ2v) is 5.49. The fourth-order valence-electron chi connectivity index (χ4n) is 1.53. The lowest BCUT2D eigenvalue weighted by Gasteiger charge is -2.19. The number of carbonyl (C=O) groups excluding carboxylic acids is 3. The van der Waals surface area contributed by atoms with Gasteiger partial charge < -0.3 is 31.9 Å². The molecule has 11 nitrogen and oxygen atoms in total. The maximum Gasteiger partial charge on any atom is 0.325 e. The van der Waals surface area contributed by atoms with Gasteiger partial charge in [-0.15, -0.1) is 0 Å². The van der Waals surface area contributed by atoms with Crippen LogP contribution in [0.25, 0.3) is 0 Å². The van der Waals surface area contributed by atoms with Gasteiger partial charge >= 0.3 is 11.9 Å². The van der Waals surface area contributed by atoms with Crippen LogP contribution < -0.4 is 21.7 Å². The summed E-state index contributed by atoms with van der Waals surface area (Å²) in [6.07, 6.45) is -0.397. The first kappa shape index (κ1) is 22.7. The maximum absolute atomic E-state index is 11.9. The predicted molar refractivity (Wildman–Crippen MR) is 88.9 cm³/mol. The number of rotatable bonds is 11. The third-order valence-corrected chi connectivity index (χ3v) is 3.36. The van der Waals surface area contributed by atoms with Gasteiger partial charge in [-0.2, -0.15) is 12.6 Å². The molecule has 0 aliphatic carbocycles. The number of thiol groups is 1. The Kier molecular flexibility index (Phi) is 10.2. The third kappa shape index (κ3) is 9.52. The molecule has 12 heteroatoms. The lowest BCUT2D eigenvalue weighted by molar-refractivity contribution is -0.141. The van der Waals surface area contributed by atoms with E-state index in [-0.39, 0.29) is 18.6 Å². The molecule has 3 atom stereocenters. The number of nitrogens with two attached hydrogens (primary N) is 1. The average Bonchev–Trinajstić information content (AvgIpc) is 2.54. The van der Waals surface area contributed by atoms with Gasteiger partial charge in [0.15, 0.2) is 0 Å². The Labute approximate surface area is 149 Å². The monoisotopic (exact) mass is 378 g/mol. The Morgan fingerprint density at radius 2 is 1.68 bits per heavy atom. The normalized spacial score (nSPS) is 13.9. The highest BCUT2D eigenvalue weighted by Crippen LogP contribution is 1.97. The average molecular weight is 378 g/mol. The van der Waals surface area contributed by atoms with Crippen LogP contribution in [0.2, 0.25) is 0 Å². The number of aliphatic carboxylic acids is 2. The molecule has 3 unspecified atom stereocenters. The highest BCUT2D eigenvalue weighted by Gasteiger charge is 2.23. The van der Waals surface area contributed by atoms with Crippen molar-refractivity contribution < 1.29 is 34.2 Å². The van der Waals surface area contributed by atoms with E-state index in [0.29, 0.717) is 0 Å². The van der Waals surface area contributed by atoms with E-state index in [9.17, 15) is 24.0 Å². The number of carbonyl (C=O) groups is 5. The van der Waals surface area contributed by atoms with Gasteiger partial charge in [0.05, 0.1) is 12.6 Å². The molecule has 0 bridgehead atoms. The van der Waals surface area contributed by atoms with Gasteiger partial charge in [-0.1, -0.05) is 0 Å². The van der Waals surface area contributed by atoms with E-state index in [2.05, 4.69) is 28.6 Å². The van der Waals surface area contributed by atoms with E-state index >= 15 is 0 Å². The molecule has 142 valence electrons. The van der Waals surface area contributed by atoms with Crippen molar-refractivity contribution in [1.82, 2.24) is 16.0 Å². The zero-order valence-corrected chi connectivity index (χ0v) is 14.4. The van der Waals surface area contributed by atoms with E-state index in [1.807, 2.05) is 0 Å². The zero-order valence-electron chi connectivity index (χ0n) is 13.5. The predicted octanol–water partition coefficient (Wildman–Crippen LogP) is -2.70. The van der Waals surface area contributed by atoms with Gasteiger partial charge in [0.1, 0.15) is 12.1 Å². The second-order valence-electron chi connectivity index (χ2n) is 5.13. The molecule has 0 aromatic rings. The summed E-state index contributed by atoms with van der Waals surface area (Å²) in [7, 11) is 0. The first-order valence-corrected chi connectivity index (χ1v) is 7.90. The molecule has 0 aromatic carbocycles. The van der Waals surface area contributed by atoms with Crippen LogP contribution in [0.3, 0.4) is 0 Å². The highest BCUT2D eigenvalue weighted by atomic mass is 32.1. The standard InChI is InChI=1S/C13H22N4O7S/c1-6(13(23)24)16-9(18)4-15-12(22)8(5-25)17-11(21)7(14)2-3-10(19)20/h6-8,25H,2-5,14H2,1H3,(H,15,22)(H,16,18)(H,17,21)(H,19,20)(H,23,24). The Morgan fingerprint density at radius 3 is 2.16 bits per heavy atom. The zero-order chi connectivity index (χ0) is 19.6. The lowest BCUT2D eigenvalue weighted by Crippen LogP contribution is -2.54. The minimum absolute atomic E-state index is 0.0869. The summed E-state index contributed by atoms with van der Waals surface area (Å²) < 4.78 is 0. The summed E-state index contributed by atoms with van der Waals surface area (Å²) in [5.41, 5.74) is 5.52. The molecule has 0 saturated carbocycles. The van der Waals surface area contributed by atoms with Crippen molar-refractivity contribution in [2.45, 2.75) is 37.9 Å². The van der Waals surface area contributed by atoms with Crippen molar-refractivity contribution in [1.29, 1.82) is 0 Å². The Balaban J connectivity index is 4.42. The van der Waals surface area contributed by atoms with Gasteiger partial charge in [-0.05, 0) is 13.3 Å². The largest absolute Gasteiger partial charge is 0.481 e. The Hall–Kier alpha value is -2.34. The van der Waals surface area contributed by atoms with E-state index in [4.69, 9.17) is 15.9 Å². The summed E-state index contributed by atoms with van der Waals surface area (Å²) >= 11 is 3.92. The van der Waals surface area contributed by atoms with Crippen molar-refractivity contribution in [3.63, 3.8) is 0 Å². The smallest absolute Gasteiger partial charge is 0.325 e. The lowest BCUT2D eigenvalue weighted by atomic mass is 10.1. The van der Waals surface area contributed by atoms with Crippen LogP contribution >= 0.6 is 12.6 Å². The van der Waals surface area contributed by atoms with E-state index in [0.717, 1.165) is 0 Å². The highest BCUT2D eigenvalue weighted by molar-refractivity contribution is 7.80. The summed E-state index contributed by atoms with van der Waals surface area (Å²) in [6.45, 7) is 0.777. The van der Waals surface area contributed by atoms with Crippen LogP contribution in [0.1, 0.15) is 19.8 Å². The van der Waals surface area contributed by atoms with Crippen molar-refractivity contribution in [2.24, 2.45) is 5.73 Å². The summed E-state index contributed by atoms with van der Waals surface area (Å²) in [4.78, 5) is 56.2. The molecule has 0 rings (SSSR count). The molecule has 0 radical (unpaired) electrons. The Morgan fingerprint density at radius 1 is 1.08 bits per heavy atom. The molecule has 0 aromatic heterocycles. The molecular weight excluding hydrogens is 356 g/mol. The minimum atomic E-state index is -1.23. The number of hydrogen-bond acceptors (Lipinski definition) is 7. The number of carboxylic acids is 2. The van der Waals surface area contributed by atoms with Gasteiger partial charge in [0, 0.05) is 12.2 Å². The first-order valence-electron chi connectivity index (χ1n) is 7.27. The van der Waals surface area contributed by atoms with E-state index < -0.39 is 54.3 Å². The van der Waals surface area contributed by atoms with Crippen LogP contribution in [-0.4, -0.2) is 70.3 Å². The van der Waals surface area contributed by atoms with Crippen LogP contribution in [0.15, 0.2) is 0 Å². The SMILES string of the molecule is CC(NC(=O)CNC(=O)C(CS)NC(=O)C(N)CCC(=O)O)C(=O)O.